The van der Waals surface area contributed by atoms with Crippen molar-refractivity contribution in [2.45, 2.75) is 26.2 Å². The average molecular weight is 290 g/mol. The van der Waals surface area contributed by atoms with E-state index < -0.39 is 0 Å². The van der Waals surface area contributed by atoms with Crippen molar-refractivity contribution in [1.82, 2.24) is 10.2 Å². The van der Waals surface area contributed by atoms with Crippen LogP contribution in [0.15, 0.2) is 24.3 Å². The molecule has 0 unspecified atom stereocenters. The SMILES string of the molecule is COc1cccc(CCNC(=O)CN2CCC(C)CC2)c1. The largest absolute Gasteiger partial charge is 0.497 e. The van der Waals surface area contributed by atoms with Gasteiger partial charge in [-0.15, -0.1) is 0 Å². The maximum absolute atomic E-state index is 11.9. The maximum Gasteiger partial charge on any atom is 0.234 e. The van der Waals surface area contributed by atoms with Gasteiger partial charge in [0.2, 0.25) is 5.91 Å². The standard InChI is InChI=1S/C17H26N2O2/c1-14-7-10-19(11-8-14)13-17(20)18-9-6-15-4-3-5-16(12-15)21-2/h3-5,12,14H,6-11,13H2,1-2H3,(H,18,20). The third kappa shape index (κ3) is 5.38. The summed E-state index contributed by atoms with van der Waals surface area (Å²) in [4.78, 5) is 14.2. The summed E-state index contributed by atoms with van der Waals surface area (Å²) in [5.74, 6) is 1.80. The molecule has 21 heavy (non-hydrogen) atoms. The Morgan fingerprint density at radius 1 is 1.38 bits per heavy atom. The van der Waals surface area contributed by atoms with Crippen molar-refractivity contribution in [3.05, 3.63) is 29.8 Å². The first-order valence-electron chi connectivity index (χ1n) is 7.79. The molecule has 1 N–H and O–H groups in total. The molecule has 0 aliphatic carbocycles. The van der Waals surface area contributed by atoms with E-state index in [1.54, 1.807) is 7.11 Å². The Balaban J connectivity index is 1.67. The van der Waals surface area contributed by atoms with Crippen LogP contribution >= 0.6 is 0 Å². The number of hydrogen-bond acceptors (Lipinski definition) is 3. The van der Waals surface area contributed by atoms with Crippen molar-refractivity contribution in [1.29, 1.82) is 0 Å². The molecule has 0 saturated carbocycles. The minimum Gasteiger partial charge on any atom is -0.497 e. The van der Waals surface area contributed by atoms with Crippen molar-refractivity contribution < 1.29 is 9.53 Å². The summed E-state index contributed by atoms with van der Waals surface area (Å²) in [7, 11) is 1.67. The number of carbonyl (C=O) groups excluding carboxylic acids is 1. The van der Waals surface area contributed by atoms with E-state index in [0.29, 0.717) is 13.1 Å². The summed E-state index contributed by atoms with van der Waals surface area (Å²) in [5, 5.41) is 3.01. The average Bonchev–Trinajstić information content (AvgIpc) is 2.50. The molecule has 2 rings (SSSR count). The van der Waals surface area contributed by atoms with E-state index in [-0.39, 0.29) is 5.91 Å². The first-order valence-corrected chi connectivity index (χ1v) is 7.79. The number of amides is 1. The molecular formula is C17H26N2O2. The highest BCUT2D eigenvalue weighted by molar-refractivity contribution is 5.78. The van der Waals surface area contributed by atoms with Crippen LogP contribution in [0.4, 0.5) is 0 Å². The van der Waals surface area contributed by atoms with Crippen molar-refractivity contribution in [3.63, 3.8) is 0 Å². The van der Waals surface area contributed by atoms with Crippen LogP contribution < -0.4 is 10.1 Å². The van der Waals surface area contributed by atoms with Crippen LogP contribution in [-0.4, -0.2) is 44.1 Å². The number of methoxy groups -OCH3 is 1. The van der Waals surface area contributed by atoms with Gasteiger partial charge in [0.25, 0.3) is 0 Å². The van der Waals surface area contributed by atoms with Gasteiger partial charge in [0, 0.05) is 6.54 Å². The summed E-state index contributed by atoms with van der Waals surface area (Å²) in [5.41, 5.74) is 1.18. The fourth-order valence-corrected chi connectivity index (χ4v) is 2.65. The quantitative estimate of drug-likeness (QED) is 0.872. The smallest absolute Gasteiger partial charge is 0.234 e. The molecule has 1 aromatic carbocycles. The second kappa shape index (κ2) is 8.03. The van der Waals surface area contributed by atoms with Gasteiger partial charge in [-0.25, -0.2) is 0 Å². The number of hydrogen-bond donors (Lipinski definition) is 1. The van der Waals surface area contributed by atoms with Crippen LogP contribution in [0, 0.1) is 5.92 Å². The van der Waals surface area contributed by atoms with Gasteiger partial charge in [0.05, 0.1) is 13.7 Å². The van der Waals surface area contributed by atoms with Gasteiger partial charge in [-0.2, -0.15) is 0 Å². The van der Waals surface area contributed by atoms with Crippen molar-refractivity contribution in [3.8, 4) is 5.75 Å². The molecule has 1 heterocycles. The third-order valence-corrected chi connectivity index (χ3v) is 4.11. The van der Waals surface area contributed by atoms with E-state index in [1.165, 1.54) is 18.4 Å². The fraction of sp³-hybridized carbons (Fsp3) is 0.588. The second-order valence-corrected chi connectivity index (χ2v) is 5.91. The minimum absolute atomic E-state index is 0.132. The molecule has 4 heteroatoms. The zero-order valence-corrected chi connectivity index (χ0v) is 13.1. The van der Waals surface area contributed by atoms with Gasteiger partial charge in [-0.05, 0) is 56.0 Å². The van der Waals surface area contributed by atoms with Crippen LogP contribution in [0.3, 0.4) is 0 Å². The van der Waals surface area contributed by atoms with Gasteiger partial charge in [-0.1, -0.05) is 19.1 Å². The van der Waals surface area contributed by atoms with Gasteiger partial charge < -0.3 is 10.1 Å². The molecule has 1 fully saturated rings. The number of rotatable bonds is 6. The number of ether oxygens (including phenoxy) is 1. The van der Waals surface area contributed by atoms with Gasteiger partial charge in [0.1, 0.15) is 5.75 Å². The van der Waals surface area contributed by atoms with E-state index in [1.807, 2.05) is 18.2 Å². The highest BCUT2D eigenvalue weighted by Gasteiger charge is 2.17. The molecule has 0 aromatic heterocycles. The molecule has 1 aliphatic rings. The highest BCUT2D eigenvalue weighted by Crippen LogP contribution is 2.15. The number of carbonyl (C=O) groups is 1. The van der Waals surface area contributed by atoms with Crippen LogP contribution in [-0.2, 0) is 11.2 Å². The van der Waals surface area contributed by atoms with Crippen LogP contribution in [0.5, 0.6) is 5.75 Å². The summed E-state index contributed by atoms with van der Waals surface area (Å²) < 4.78 is 5.20. The normalized spacial score (nSPS) is 16.7. The molecule has 0 radical (unpaired) electrons. The van der Waals surface area contributed by atoms with Crippen molar-refractivity contribution >= 4 is 5.91 Å². The topological polar surface area (TPSA) is 41.6 Å². The molecule has 0 bridgehead atoms. The Hall–Kier alpha value is -1.55. The van der Waals surface area contributed by atoms with Crippen LogP contribution in [0.1, 0.15) is 25.3 Å². The summed E-state index contributed by atoms with van der Waals surface area (Å²) in [6, 6.07) is 7.98. The minimum atomic E-state index is 0.132. The third-order valence-electron chi connectivity index (χ3n) is 4.11. The van der Waals surface area contributed by atoms with Crippen LogP contribution in [0.2, 0.25) is 0 Å². The monoisotopic (exact) mass is 290 g/mol. The summed E-state index contributed by atoms with van der Waals surface area (Å²) in [6.07, 6.45) is 3.24. The maximum atomic E-state index is 11.9. The number of likely N-dealkylation sites (tertiary alicyclic amines) is 1. The van der Waals surface area contributed by atoms with Gasteiger partial charge in [-0.3, -0.25) is 9.69 Å². The Kier molecular flexibility index (Phi) is 6.05. The summed E-state index contributed by atoms with van der Waals surface area (Å²) >= 11 is 0. The zero-order chi connectivity index (χ0) is 15.1. The Labute approximate surface area is 127 Å². The predicted molar refractivity (Wildman–Crippen MR) is 84.5 cm³/mol. The summed E-state index contributed by atoms with van der Waals surface area (Å²) in [6.45, 7) is 5.58. The fourth-order valence-electron chi connectivity index (χ4n) is 2.65. The van der Waals surface area contributed by atoms with E-state index in [9.17, 15) is 4.79 Å². The van der Waals surface area contributed by atoms with E-state index in [0.717, 1.165) is 31.2 Å². The van der Waals surface area contributed by atoms with E-state index >= 15 is 0 Å². The lowest BCUT2D eigenvalue weighted by Gasteiger charge is -2.29. The lowest BCUT2D eigenvalue weighted by molar-refractivity contribution is -0.122. The molecule has 1 saturated heterocycles. The molecule has 1 amide bonds. The molecular weight excluding hydrogens is 264 g/mol. The Bertz CT molecular complexity index is 454. The van der Waals surface area contributed by atoms with E-state index in [4.69, 9.17) is 4.74 Å². The number of nitrogens with one attached hydrogen (secondary N) is 1. The molecule has 0 spiro atoms. The number of nitrogens with zero attached hydrogens (tertiary/aromatic N) is 1. The Morgan fingerprint density at radius 2 is 2.14 bits per heavy atom. The molecule has 4 nitrogen and oxygen atoms in total. The molecule has 0 atom stereocenters. The highest BCUT2D eigenvalue weighted by atomic mass is 16.5. The predicted octanol–water partition coefficient (Wildman–Crippen LogP) is 2.09. The molecule has 1 aromatic rings. The van der Waals surface area contributed by atoms with Gasteiger partial charge >= 0.3 is 0 Å². The molecule has 116 valence electrons. The number of piperidine rings is 1. The number of benzene rings is 1. The van der Waals surface area contributed by atoms with E-state index in [2.05, 4.69) is 23.2 Å². The first-order chi connectivity index (χ1) is 10.2. The second-order valence-electron chi connectivity index (χ2n) is 5.91. The first kappa shape index (κ1) is 15.8. The molecule has 1 aliphatic heterocycles. The van der Waals surface area contributed by atoms with Crippen molar-refractivity contribution in [2.75, 3.05) is 33.3 Å². The lowest BCUT2D eigenvalue weighted by atomic mass is 9.99. The van der Waals surface area contributed by atoms with Crippen LogP contribution in [0.25, 0.3) is 0 Å². The zero-order valence-electron chi connectivity index (χ0n) is 13.1. The Morgan fingerprint density at radius 3 is 2.86 bits per heavy atom. The van der Waals surface area contributed by atoms with Crippen molar-refractivity contribution in [2.24, 2.45) is 5.92 Å². The van der Waals surface area contributed by atoms with Gasteiger partial charge in [0.15, 0.2) is 0 Å². The lowest BCUT2D eigenvalue weighted by Crippen LogP contribution is -2.41.